The highest BCUT2D eigenvalue weighted by molar-refractivity contribution is 6.30. The standard InChI is InChI=1S/C10H13ClN2O/c11-9-8(2-1-4-13-9)6-10(14)3-5-12-7-10/h1-2,4,12,14H,3,5-7H2. The Bertz CT molecular complexity index is 324. The Morgan fingerprint density at radius 1 is 1.64 bits per heavy atom. The first-order valence-electron chi connectivity index (χ1n) is 4.72. The smallest absolute Gasteiger partial charge is 0.132 e. The van der Waals surface area contributed by atoms with Gasteiger partial charge in [-0.15, -0.1) is 0 Å². The Morgan fingerprint density at radius 3 is 3.14 bits per heavy atom. The van der Waals surface area contributed by atoms with Gasteiger partial charge in [0.1, 0.15) is 5.15 Å². The predicted molar refractivity (Wildman–Crippen MR) is 55.4 cm³/mol. The van der Waals surface area contributed by atoms with E-state index in [4.69, 9.17) is 11.6 Å². The van der Waals surface area contributed by atoms with Crippen LogP contribution < -0.4 is 5.32 Å². The molecule has 0 aromatic carbocycles. The minimum Gasteiger partial charge on any atom is -0.388 e. The van der Waals surface area contributed by atoms with Gasteiger partial charge in [0, 0.05) is 19.2 Å². The summed E-state index contributed by atoms with van der Waals surface area (Å²) in [7, 11) is 0. The monoisotopic (exact) mass is 212 g/mol. The van der Waals surface area contributed by atoms with Gasteiger partial charge in [-0.3, -0.25) is 0 Å². The van der Waals surface area contributed by atoms with Crippen molar-refractivity contribution in [1.29, 1.82) is 0 Å². The fourth-order valence-electron chi connectivity index (χ4n) is 1.79. The van der Waals surface area contributed by atoms with Gasteiger partial charge >= 0.3 is 0 Å². The van der Waals surface area contributed by atoms with Crippen LogP contribution in [0, 0.1) is 0 Å². The molecule has 1 saturated heterocycles. The topological polar surface area (TPSA) is 45.2 Å². The first-order valence-corrected chi connectivity index (χ1v) is 5.10. The van der Waals surface area contributed by atoms with Crippen LogP contribution in [-0.4, -0.2) is 28.8 Å². The van der Waals surface area contributed by atoms with Gasteiger partial charge in [-0.1, -0.05) is 17.7 Å². The van der Waals surface area contributed by atoms with Gasteiger partial charge in [0.05, 0.1) is 5.60 Å². The fourth-order valence-corrected chi connectivity index (χ4v) is 1.97. The molecule has 3 nitrogen and oxygen atoms in total. The average molecular weight is 213 g/mol. The van der Waals surface area contributed by atoms with Crippen molar-refractivity contribution in [2.45, 2.75) is 18.4 Å². The molecule has 1 atom stereocenters. The summed E-state index contributed by atoms with van der Waals surface area (Å²) in [6, 6.07) is 3.75. The first kappa shape index (κ1) is 9.90. The highest BCUT2D eigenvalue weighted by Crippen LogP contribution is 2.23. The van der Waals surface area contributed by atoms with Crippen LogP contribution in [0.4, 0.5) is 0 Å². The van der Waals surface area contributed by atoms with Crippen LogP contribution in [0.1, 0.15) is 12.0 Å². The first-order chi connectivity index (χ1) is 6.70. The lowest BCUT2D eigenvalue weighted by Crippen LogP contribution is -2.33. The summed E-state index contributed by atoms with van der Waals surface area (Å²) in [5, 5.41) is 13.8. The maximum absolute atomic E-state index is 10.1. The molecule has 1 aliphatic rings. The van der Waals surface area contributed by atoms with Crippen molar-refractivity contribution < 1.29 is 5.11 Å². The quantitative estimate of drug-likeness (QED) is 0.720. The number of β-amino-alcohol motifs (C(OH)–C–C–N with tert-alkyl or cyclic N) is 1. The van der Waals surface area contributed by atoms with Crippen molar-refractivity contribution in [1.82, 2.24) is 10.3 Å². The number of nitrogens with zero attached hydrogens (tertiary/aromatic N) is 1. The van der Waals surface area contributed by atoms with E-state index in [0.29, 0.717) is 18.1 Å². The maximum atomic E-state index is 10.1. The number of hydrogen-bond donors (Lipinski definition) is 2. The molecule has 76 valence electrons. The molecule has 0 radical (unpaired) electrons. The molecule has 1 fully saturated rings. The Kier molecular flexibility index (Phi) is 2.72. The molecule has 2 heterocycles. The highest BCUT2D eigenvalue weighted by atomic mass is 35.5. The molecule has 4 heteroatoms. The third-order valence-corrected chi connectivity index (χ3v) is 2.92. The van der Waals surface area contributed by atoms with E-state index in [1.165, 1.54) is 0 Å². The number of aromatic nitrogens is 1. The molecule has 0 bridgehead atoms. The van der Waals surface area contributed by atoms with Crippen LogP contribution in [0.3, 0.4) is 0 Å². The number of nitrogens with one attached hydrogen (secondary N) is 1. The van der Waals surface area contributed by atoms with E-state index >= 15 is 0 Å². The number of pyridine rings is 1. The summed E-state index contributed by atoms with van der Waals surface area (Å²) in [6.45, 7) is 1.51. The second-order valence-corrected chi connectivity index (χ2v) is 4.14. The van der Waals surface area contributed by atoms with Gasteiger partial charge in [0.15, 0.2) is 0 Å². The van der Waals surface area contributed by atoms with E-state index in [-0.39, 0.29) is 0 Å². The zero-order valence-corrected chi connectivity index (χ0v) is 8.59. The highest BCUT2D eigenvalue weighted by Gasteiger charge is 2.31. The molecular formula is C10H13ClN2O. The van der Waals surface area contributed by atoms with E-state index in [1.807, 2.05) is 12.1 Å². The molecule has 0 aliphatic carbocycles. The van der Waals surface area contributed by atoms with E-state index in [1.54, 1.807) is 6.20 Å². The Labute approximate surface area is 88.1 Å². The number of hydrogen-bond acceptors (Lipinski definition) is 3. The molecule has 2 N–H and O–H groups in total. The summed E-state index contributed by atoms with van der Waals surface area (Å²) in [4.78, 5) is 3.99. The zero-order chi connectivity index (χ0) is 10.0. The van der Waals surface area contributed by atoms with Gasteiger partial charge in [0.2, 0.25) is 0 Å². The number of halogens is 1. The SMILES string of the molecule is OC1(Cc2cccnc2Cl)CCNC1. The van der Waals surface area contributed by atoms with Crippen LogP contribution in [-0.2, 0) is 6.42 Å². The van der Waals surface area contributed by atoms with E-state index in [9.17, 15) is 5.11 Å². The number of aliphatic hydroxyl groups is 1. The molecule has 1 aromatic heterocycles. The summed E-state index contributed by atoms with van der Waals surface area (Å²) in [6.07, 6.45) is 3.01. The second kappa shape index (κ2) is 3.85. The van der Waals surface area contributed by atoms with Gasteiger partial charge in [-0.25, -0.2) is 4.98 Å². The van der Waals surface area contributed by atoms with Crippen LogP contribution in [0.5, 0.6) is 0 Å². The molecule has 1 unspecified atom stereocenters. The van der Waals surface area contributed by atoms with Crippen LogP contribution >= 0.6 is 11.6 Å². The minimum absolute atomic E-state index is 0.493. The maximum Gasteiger partial charge on any atom is 0.132 e. The third-order valence-electron chi connectivity index (χ3n) is 2.58. The molecule has 0 spiro atoms. The summed E-state index contributed by atoms with van der Waals surface area (Å²) >= 11 is 5.92. The van der Waals surface area contributed by atoms with Gasteiger partial charge in [0.25, 0.3) is 0 Å². The van der Waals surface area contributed by atoms with Crippen LogP contribution in [0.25, 0.3) is 0 Å². The van der Waals surface area contributed by atoms with Crippen molar-refractivity contribution in [3.05, 3.63) is 29.0 Å². The Morgan fingerprint density at radius 2 is 2.50 bits per heavy atom. The molecule has 0 saturated carbocycles. The lowest BCUT2D eigenvalue weighted by Gasteiger charge is -2.21. The van der Waals surface area contributed by atoms with E-state index < -0.39 is 5.60 Å². The molecule has 0 amide bonds. The van der Waals surface area contributed by atoms with Gasteiger partial charge in [-0.05, 0) is 24.6 Å². The Balaban J connectivity index is 2.14. The summed E-state index contributed by atoms with van der Waals surface area (Å²) in [5.74, 6) is 0. The van der Waals surface area contributed by atoms with Crippen LogP contribution in [0.2, 0.25) is 5.15 Å². The van der Waals surface area contributed by atoms with Crippen molar-refractivity contribution in [2.75, 3.05) is 13.1 Å². The predicted octanol–water partition coefficient (Wildman–Crippen LogP) is 1.00. The molecule has 1 aromatic rings. The second-order valence-electron chi connectivity index (χ2n) is 3.78. The molecule has 14 heavy (non-hydrogen) atoms. The number of rotatable bonds is 2. The van der Waals surface area contributed by atoms with Crippen molar-refractivity contribution >= 4 is 11.6 Å². The summed E-state index contributed by atoms with van der Waals surface area (Å²) in [5.41, 5.74) is 0.271. The van der Waals surface area contributed by atoms with Crippen molar-refractivity contribution in [3.8, 4) is 0 Å². The van der Waals surface area contributed by atoms with E-state index in [2.05, 4.69) is 10.3 Å². The molecule has 1 aliphatic heterocycles. The third kappa shape index (κ3) is 2.05. The van der Waals surface area contributed by atoms with Crippen molar-refractivity contribution in [2.24, 2.45) is 0 Å². The lowest BCUT2D eigenvalue weighted by atomic mass is 9.95. The Hall–Kier alpha value is -0.640. The largest absolute Gasteiger partial charge is 0.388 e. The summed E-state index contributed by atoms with van der Waals surface area (Å²) < 4.78 is 0. The average Bonchev–Trinajstić information content (AvgIpc) is 2.57. The molecule has 2 rings (SSSR count). The minimum atomic E-state index is -0.646. The van der Waals surface area contributed by atoms with Gasteiger partial charge < -0.3 is 10.4 Å². The van der Waals surface area contributed by atoms with Gasteiger partial charge in [-0.2, -0.15) is 0 Å². The van der Waals surface area contributed by atoms with Crippen LogP contribution in [0.15, 0.2) is 18.3 Å². The van der Waals surface area contributed by atoms with Crippen molar-refractivity contribution in [3.63, 3.8) is 0 Å². The zero-order valence-electron chi connectivity index (χ0n) is 7.83. The fraction of sp³-hybridized carbons (Fsp3) is 0.500. The van der Waals surface area contributed by atoms with E-state index in [0.717, 1.165) is 18.5 Å². The normalized spacial score (nSPS) is 26.7. The molecular weight excluding hydrogens is 200 g/mol. The lowest BCUT2D eigenvalue weighted by molar-refractivity contribution is 0.0618.